The molecule has 0 N–H and O–H groups in total. The summed E-state index contributed by atoms with van der Waals surface area (Å²) in [4.78, 5) is 0. The van der Waals surface area contributed by atoms with Crippen LogP contribution in [-0.4, -0.2) is 0 Å². The lowest BCUT2D eigenvalue weighted by Crippen LogP contribution is -2.30. The fourth-order valence-corrected chi connectivity index (χ4v) is 2.85. The maximum Gasteiger partial charge on any atom is 0.213 e. The lowest BCUT2D eigenvalue weighted by atomic mass is 9.99. The van der Waals surface area contributed by atoms with Crippen molar-refractivity contribution in [2.24, 2.45) is 7.05 Å². The number of nitrogens with zero attached hydrogens (tertiary/aromatic N) is 1. The summed E-state index contributed by atoms with van der Waals surface area (Å²) >= 11 is 0. The Kier molecular flexibility index (Phi) is 4.06. The van der Waals surface area contributed by atoms with E-state index in [-0.39, 0.29) is 0 Å². The van der Waals surface area contributed by atoms with Gasteiger partial charge in [-0.15, -0.1) is 0 Å². The van der Waals surface area contributed by atoms with Crippen LogP contribution in [0.2, 0.25) is 0 Å². The molecule has 0 fully saturated rings. The van der Waals surface area contributed by atoms with Gasteiger partial charge in [0.05, 0.1) is 0 Å². The van der Waals surface area contributed by atoms with Crippen molar-refractivity contribution >= 4 is 0 Å². The number of aromatic nitrogens is 1. The van der Waals surface area contributed by atoms with E-state index in [0.717, 1.165) is 6.42 Å². The second kappa shape index (κ2) is 6.15. The number of aryl methyl sites for hydroxylation is 3. The van der Waals surface area contributed by atoms with E-state index in [1.165, 1.54) is 33.5 Å². The van der Waals surface area contributed by atoms with E-state index in [1.54, 1.807) is 0 Å². The highest BCUT2D eigenvalue weighted by molar-refractivity contribution is 5.70. The summed E-state index contributed by atoms with van der Waals surface area (Å²) < 4.78 is 2.19. The van der Waals surface area contributed by atoms with Crippen LogP contribution in [0, 0.1) is 6.92 Å². The van der Waals surface area contributed by atoms with Crippen molar-refractivity contribution in [2.45, 2.75) is 20.3 Å². The lowest BCUT2D eigenvalue weighted by Gasteiger charge is -2.08. The first kappa shape index (κ1) is 14.5. The number of hydrogen-bond acceptors (Lipinski definition) is 0. The molecule has 0 saturated carbocycles. The normalized spacial score (nSPS) is 10.7. The molecule has 0 aliphatic carbocycles. The molecular formula is C21H22N+. The molecule has 110 valence electrons. The third-order valence-corrected chi connectivity index (χ3v) is 4.24. The van der Waals surface area contributed by atoms with Crippen LogP contribution in [0.3, 0.4) is 0 Å². The van der Waals surface area contributed by atoms with E-state index < -0.39 is 0 Å². The minimum atomic E-state index is 1.07. The molecule has 0 bridgehead atoms. The molecule has 1 nitrogen and oxygen atoms in total. The molecule has 0 spiro atoms. The Hall–Kier alpha value is -2.41. The Bertz CT molecular complexity index is 803. The van der Waals surface area contributed by atoms with Gasteiger partial charge in [-0.1, -0.05) is 49.4 Å². The zero-order chi connectivity index (χ0) is 15.5. The van der Waals surface area contributed by atoms with Gasteiger partial charge in [0, 0.05) is 17.7 Å². The Morgan fingerprint density at radius 3 is 2.41 bits per heavy atom. The zero-order valence-electron chi connectivity index (χ0n) is 13.5. The van der Waals surface area contributed by atoms with Gasteiger partial charge < -0.3 is 0 Å². The van der Waals surface area contributed by atoms with Crippen molar-refractivity contribution in [1.29, 1.82) is 0 Å². The third kappa shape index (κ3) is 2.80. The molecule has 0 saturated heterocycles. The van der Waals surface area contributed by atoms with Gasteiger partial charge in [-0.25, -0.2) is 4.57 Å². The van der Waals surface area contributed by atoms with Crippen molar-refractivity contribution < 1.29 is 4.57 Å². The molecular weight excluding hydrogens is 266 g/mol. The Balaban J connectivity index is 2.12. The minimum Gasteiger partial charge on any atom is -0.201 e. The number of pyridine rings is 1. The third-order valence-electron chi connectivity index (χ3n) is 4.24. The molecule has 3 aromatic rings. The van der Waals surface area contributed by atoms with Gasteiger partial charge in [0.2, 0.25) is 5.69 Å². The van der Waals surface area contributed by atoms with E-state index in [2.05, 4.69) is 92.3 Å². The average molecular weight is 288 g/mol. The summed E-state index contributed by atoms with van der Waals surface area (Å²) in [5, 5.41) is 0. The number of rotatable bonds is 3. The fourth-order valence-electron chi connectivity index (χ4n) is 2.85. The van der Waals surface area contributed by atoms with Crippen LogP contribution in [0.1, 0.15) is 18.1 Å². The first-order valence-corrected chi connectivity index (χ1v) is 7.84. The fraction of sp³-hybridized carbons (Fsp3) is 0.190. The van der Waals surface area contributed by atoms with Crippen LogP contribution in [0.15, 0.2) is 66.9 Å². The van der Waals surface area contributed by atoms with Crippen molar-refractivity contribution in [3.8, 4) is 22.4 Å². The maximum absolute atomic E-state index is 2.29. The Morgan fingerprint density at radius 1 is 0.864 bits per heavy atom. The highest BCUT2D eigenvalue weighted by atomic mass is 14.9. The highest BCUT2D eigenvalue weighted by Crippen LogP contribution is 2.26. The van der Waals surface area contributed by atoms with Crippen LogP contribution >= 0.6 is 0 Å². The predicted octanol–water partition coefficient (Wildman–Crippen LogP) is 4.72. The van der Waals surface area contributed by atoms with Crippen LogP contribution < -0.4 is 4.57 Å². The molecule has 1 heteroatoms. The molecule has 22 heavy (non-hydrogen) atoms. The minimum absolute atomic E-state index is 1.07. The molecule has 0 aliphatic heterocycles. The second-order valence-electron chi connectivity index (χ2n) is 5.78. The number of benzene rings is 2. The van der Waals surface area contributed by atoms with E-state index in [9.17, 15) is 0 Å². The van der Waals surface area contributed by atoms with Crippen LogP contribution in [-0.2, 0) is 13.5 Å². The van der Waals surface area contributed by atoms with Crippen molar-refractivity contribution in [1.82, 2.24) is 0 Å². The Morgan fingerprint density at radius 2 is 1.64 bits per heavy atom. The van der Waals surface area contributed by atoms with E-state index >= 15 is 0 Å². The summed E-state index contributed by atoms with van der Waals surface area (Å²) in [5.74, 6) is 0. The topological polar surface area (TPSA) is 3.88 Å². The second-order valence-corrected chi connectivity index (χ2v) is 5.78. The molecule has 2 aromatic carbocycles. The summed E-state index contributed by atoms with van der Waals surface area (Å²) in [5.41, 5.74) is 7.78. The van der Waals surface area contributed by atoms with Gasteiger partial charge in [-0.3, -0.25) is 0 Å². The summed E-state index contributed by atoms with van der Waals surface area (Å²) in [6.07, 6.45) is 3.22. The molecule has 3 rings (SSSR count). The van der Waals surface area contributed by atoms with E-state index in [1.807, 2.05) is 0 Å². The van der Waals surface area contributed by atoms with Gasteiger partial charge in [-0.2, -0.15) is 0 Å². The molecule has 1 aromatic heterocycles. The van der Waals surface area contributed by atoms with Gasteiger partial charge in [-0.05, 0) is 41.7 Å². The Labute approximate surface area is 132 Å². The molecule has 0 unspecified atom stereocenters. The van der Waals surface area contributed by atoms with Crippen LogP contribution in [0.4, 0.5) is 0 Å². The molecule has 0 aliphatic rings. The smallest absolute Gasteiger partial charge is 0.201 e. The first-order chi connectivity index (χ1) is 10.7. The molecule has 0 amide bonds. The van der Waals surface area contributed by atoms with Crippen molar-refractivity contribution in [3.05, 3.63) is 78.0 Å². The summed E-state index contributed by atoms with van der Waals surface area (Å²) in [6.45, 7) is 4.36. The SMILES string of the molecule is CCc1cccc(-c2cc[n+](C)c(-c3ccccc3C)c2)c1. The summed E-state index contributed by atoms with van der Waals surface area (Å²) in [7, 11) is 2.11. The number of hydrogen-bond donors (Lipinski definition) is 0. The van der Waals surface area contributed by atoms with Gasteiger partial charge in [0.25, 0.3) is 0 Å². The van der Waals surface area contributed by atoms with Gasteiger partial charge in [0.15, 0.2) is 6.20 Å². The molecule has 0 radical (unpaired) electrons. The quantitative estimate of drug-likeness (QED) is 0.614. The van der Waals surface area contributed by atoms with Gasteiger partial charge in [0.1, 0.15) is 7.05 Å². The van der Waals surface area contributed by atoms with Crippen LogP contribution in [0.25, 0.3) is 22.4 Å². The van der Waals surface area contributed by atoms with Crippen LogP contribution in [0.5, 0.6) is 0 Å². The first-order valence-electron chi connectivity index (χ1n) is 7.84. The predicted molar refractivity (Wildman–Crippen MR) is 92.6 cm³/mol. The van der Waals surface area contributed by atoms with Crippen molar-refractivity contribution in [2.75, 3.05) is 0 Å². The highest BCUT2D eigenvalue weighted by Gasteiger charge is 2.13. The van der Waals surface area contributed by atoms with Gasteiger partial charge >= 0.3 is 0 Å². The average Bonchev–Trinajstić information content (AvgIpc) is 2.56. The maximum atomic E-state index is 2.29. The monoisotopic (exact) mass is 288 g/mol. The van der Waals surface area contributed by atoms with Crippen molar-refractivity contribution in [3.63, 3.8) is 0 Å². The summed E-state index contributed by atoms with van der Waals surface area (Å²) in [6, 6.07) is 21.8. The zero-order valence-corrected chi connectivity index (χ0v) is 13.5. The largest absolute Gasteiger partial charge is 0.213 e. The van der Waals surface area contributed by atoms with E-state index in [4.69, 9.17) is 0 Å². The molecule has 0 atom stereocenters. The lowest BCUT2D eigenvalue weighted by molar-refractivity contribution is -0.660. The van der Waals surface area contributed by atoms with E-state index in [0.29, 0.717) is 0 Å². The molecule has 1 heterocycles. The standard InChI is InChI=1S/C21H22N/c1-4-17-9-7-10-18(14-17)19-12-13-22(3)21(15-19)20-11-6-5-8-16(20)2/h5-15H,4H2,1-3H3/q+1.